The lowest BCUT2D eigenvalue weighted by atomic mass is 10.2. The number of hydrogen-bond donors (Lipinski definition) is 0. The molecule has 3 nitrogen and oxygen atoms in total. The molecule has 1 aliphatic heterocycles. The minimum absolute atomic E-state index is 0.0878. The normalized spacial score (nSPS) is 18.8. The van der Waals surface area contributed by atoms with Gasteiger partial charge in [-0.1, -0.05) is 0 Å². The number of hydrogen-bond acceptors (Lipinski definition) is 3. The van der Waals surface area contributed by atoms with Gasteiger partial charge < -0.3 is 0 Å². The summed E-state index contributed by atoms with van der Waals surface area (Å²) in [5.74, 6) is 0. The van der Waals surface area contributed by atoms with E-state index in [0.717, 1.165) is 12.1 Å². The zero-order valence-corrected chi connectivity index (χ0v) is 10.1. The molecule has 1 heterocycles. The molecule has 1 atom stereocenters. The van der Waals surface area contributed by atoms with Crippen molar-refractivity contribution in [2.45, 2.75) is 18.0 Å². The van der Waals surface area contributed by atoms with E-state index in [1.165, 1.54) is 13.0 Å². The molecule has 0 radical (unpaired) electrons. The van der Waals surface area contributed by atoms with Crippen LogP contribution in [0.3, 0.4) is 0 Å². The van der Waals surface area contributed by atoms with Crippen LogP contribution in [0.2, 0.25) is 0 Å². The lowest BCUT2D eigenvalue weighted by molar-refractivity contribution is -0.137. The first-order valence-corrected chi connectivity index (χ1v) is 7.23. The van der Waals surface area contributed by atoms with Crippen molar-refractivity contribution in [2.24, 2.45) is 4.99 Å². The molecule has 0 aliphatic carbocycles. The number of nitrogens with zero attached hydrogens (tertiary/aromatic N) is 1. The first-order valence-electron chi connectivity index (χ1n) is 4.41. The molecule has 0 saturated carbocycles. The molecule has 0 N–H and O–H groups in total. The van der Waals surface area contributed by atoms with E-state index in [1.807, 2.05) is 0 Å². The Morgan fingerprint density at radius 1 is 1.29 bits per heavy atom. The van der Waals surface area contributed by atoms with Crippen LogP contribution >= 0.6 is 0 Å². The van der Waals surface area contributed by atoms with E-state index >= 15 is 0 Å². The van der Waals surface area contributed by atoms with E-state index in [4.69, 9.17) is 0 Å². The van der Waals surface area contributed by atoms with Gasteiger partial charge in [-0.15, -0.1) is 0 Å². The van der Waals surface area contributed by atoms with Gasteiger partial charge in [0.15, 0.2) is 0 Å². The van der Waals surface area contributed by atoms with Crippen molar-refractivity contribution in [2.75, 3.05) is 0 Å². The van der Waals surface area contributed by atoms with Gasteiger partial charge >= 0.3 is 6.18 Å². The predicted molar refractivity (Wildman–Crippen MR) is 58.8 cm³/mol. The summed E-state index contributed by atoms with van der Waals surface area (Å²) in [6.07, 6.45) is -4.45. The standard InChI is InChI=1S/C9H6F3NO2S2/c1-5-13-7-4-6(9(10,11)12)2-3-8(7)16(5)17(14)15/h2-4H,1H3. The van der Waals surface area contributed by atoms with Crippen molar-refractivity contribution in [3.05, 3.63) is 23.8 Å². The molecule has 0 saturated heterocycles. The number of benzene rings is 1. The Balaban J connectivity index is 2.68. The molecule has 2 rings (SSSR count). The summed E-state index contributed by atoms with van der Waals surface area (Å²) >= 11 is 0. The molecule has 0 aromatic heterocycles. The van der Waals surface area contributed by atoms with Gasteiger partial charge in [-0.3, -0.25) is 0 Å². The SMILES string of the molecule is CC1=Nc2cc(C(F)(F)F)ccc2S1=S(=O)=O. The molecule has 0 bridgehead atoms. The van der Waals surface area contributed by atoms with Crippen molar-refractivity contribution in [3.63, 3.8) is 0 Å². The molecular formula is C9H6F3NO2S2. The van der Waals surface area contributed by atoms with Crippen LogP contribution in [0.15, 0.2) is 28.1 Å². The molecule has 1 aromatic rings. The maximum Gasteiger partial charge on any atom is 0.416 e. The third kappa shape index (κ3) is 2.14. The summed E-state index contributed by atoms with van der Waals surface area (Å²) in [7, 11) is -3.63. The summed E-state index contributed by atoms with van der Waals surface area (Å²) in [4.78, 5) is 4.19. The Labute approximate surface area is 98.1 Å². The second kappa shape index (κ2) is 3.95. The fourth-order valence-electron chi connectivity index (χ4n) is 1.48. The Bertz CT molecular complexity index is 651. The van der Waals surface area contributed by atoms with Crippen LogP contribution in [-0.2, 0) is 24.9 Å². The van der Waals surface area contributed by atoms with E-state index in [0.29, 0.717) is 9.94 Å². The highest BCUT2D eigenvalue weighted by atomic mass is 32.9. The van der Waals surface area contributed by atoms with Gasteiger partial charge in [0.05, 0.1) is 16.3 Å². The number of alkyl halides is 3. The van der Waals surface area contributed by atoms with Crippen molar-refractivity contribution < 1.29 is 21.6 Å². The fraction of sp³-hybridized carbons (Fsp3) is 0.222. The maximum absolute atomic E-state index is 12.4. The molecule has 0 amide bonds. The molecule has 92 valence electrons. The molecule has 8 heteroatoms. The number of rotatable bonds is 0. The van der Waals surface area contributed by atoms with Crippen LogP contribution in [0.1, 0.15) is 12.5 Å². The van der Waals surface area contributed by atoms with Gasteiger partial charge in [-0.05, 0) is 25.1 Å². The summed E-state index contributed by atoms with van der Waals surface area (Å²) in [5, 5.41) is 0.313. The fourth-order valence-corrected chi connectivity index (χ4v) is 4.37. The Morgan fingerprint density at radius 3 is 2.47 bits per heavy atom. The summed E-state index contributed by atoms with van der Waals surface area (Å²) in [5.41, 5.74) is -0.736. The molecule has 0 spiro atoms. The average Bonchev–Trinajstić information content (AvgIpc) is 2.50. The summed E-state index contributed by atoms with van der Waals surface area (Å²) in [6, 6.07) is 2.93. The zero-order chi connectivity index (χ0) is 12.8. The third-order valence-corrected chi connectivity index (χ3v) is 5.89. The van der Waals surface area contributed by atoms with Crippen molar-refractivity contribution >= 4 is 29.4 Å². The number of fused-ring (bicyclic) bond motifs is 1. The predicted octanol–water partition coefficient (Wildman–Crippen LogP) is 2.54. The maximum atomic E-state index is 12.4. The van der Waals surface area contributed by atoms with E-state index in [-0.39, 0.29) is 5.69 Å². The minimum atomic E-state index is -4.45. The molecule has 17 heavy (non-hydrogen) atoms. The van der Waals surface area contributed by atoms with Gasteiger partial charge in [-0.25, -0.2) is 4.99 Å². The topological polar surface area (TPSA) is 46.5 Å². The van der Waals surface area contributed by atoms with Gasteiger partial charge in [0.25, 0.3) is 9.26 Å². The van der Waals surface area contributed by atoms with Crippen molar-refractivity contribution in [1.82, 2.24) is 0 Å². The quantitative estimate of drug-likeness (QED) is 0.733. The van der Waals surface area contributed by atoms with Crippen LogP contribution in [0, 0.1) is 0 Å². The minimum Gasteiger partial charge on any atom is -0.245 e. The molecular weight excluding hydrogens is 275 g/mol. The van der Waals surface area contributed by atoms with Crippen LogP contribution < -0.4 is 0 Å². The lowest BCUT2D eigenvalue weighted by Gasteiger charge is -2.07. The van der Waals surface area contributed by atoms with E-state index < -0.39 is 30.5 Å². The van der Waals surface area contributed by atoms with Gasteiger partial charge in [-0.2, -0.15) is 21.6 Å². The van der Waals surface area contributed by atoms with Crippen LogP contribution in [0.25, 0.3) is 0 Å². The molecule has 1 unspecified atom stereocenters. The highest BCUT2D eigenvalue weighted by Gasteiger charge is 2.32. The highest BCUT2D eigenvalue weighted by molar-refractivity contribution is 8.42. The Hall–Kier alpha value is -1.15. The van der Waals surface area contributed by atoms with Gasteiger partial charge in [0.1, 0.15) is 0 Å². The second-order valence-electron chi connectivity index (χ2n) is 3.28. The third-order valence-electron chi connectivity index (χ3n) is 2.17. The summed E-state index contributed by atoms with van der Waals surface area (Å²) < 4.78 is 59.3. The second-order valence-corrected chi connectivity index (χ2v) is 7.08. The molecule has 1 aliphatic rings. The van der Waals surface area contributed by atoms with Crippen LogP contribution in [0.4, 0.5) is 18.9 Å². The van der Waals surface area contributed by atoms with E-state index in [2.05, 4.69) is 4.99 Å². The molecule has 0 fully saturated rings. The highest BCUT2D eigenvalue weighted by Crippen LogP contribution is 2.37. The Morgan fingerprint density at radius 2 is 1.94 bits per heavy atom. The van der Waals surface area contributed by atoms with Crippen LogP contribution in [0.5, 0.6) is 0 Å². The molecule has 1 aromatic carbocycles. The smallest absolute Gasteiger partial charge is 0.245 e. The zero-order valence-electron chi connectivity index (χ0n) is 8.45. The first kappa shape index (κ1) is 12.3. The van der Waals surface area contributed by atoms with E-state index in [1.54, 1.807) is 0 Å². The number of aliphatic imine (C=N–C) groups is 1. The lowest BCUT2D eigenvalue weighted by Crippen LogP contribution is -2.04. The summed E-state index contributed by atoms with van der Waals surface area (Å²) in [6.45, 7) is 1.49. The largest absolute Gasteiger partial charge is 0.416 e. The number of halogens is 3. The van der Waals surface area contributed by atoms with Gasteiger partial charge in [0.2, 0.25) is 0 Å². The monoisotopic (exact) mass is 281 g/mol. The first-order chi connectivity index (χ1) is 7.80. The van der Waals surface area contributed by atoms with Gasteiger partial charge in [0, 0.05) is 14.3 Å². The Kier molecular flexibility index (Phi) is 2.86. The average molecular weight is 281 g/mol. The van der Waals surface area contributed by atoms with Crippen molar-refractivity contribution in [1.29, 1.82) is 0 Å². The van der Waals surface area contributed by atoms with E-state index in [9.17, 15) is 21.6 Å². The van der Waals surface area contributed by atoms with Crippen molar-refractivity contribution in [3.8, 4) is 0 Å². The van der Waals surface area contributed by atoms with Crippen LogP contribution in [-0.4, -0.2) is 13.5 Å².